The summed E-state index contributed by atoms with van der Waals surface area (Å²) in [6, 6.07) is 10.7. The predicted molar refractivity (Wildman–Crippen MR) is 100 cm³/mol. The summed E-state index contributed by atoms with van der Waals surface area (Å²) in [7, 11) is 4.61. The Morgan fingerprint density at radius 1 is 1.08 bits per heavy atom. The average Bonchev–Trinajstić information content (AvgIpc) is 2.60. The minimum absolute atomic E-state index is 0.280. The van der Waals surface area contributed by atoms with Crippen LogP contribution in [-0.2, 0) is 0 Å². The molecule has 2 aromatic rings. The van der Waals surface area contributed by atoms with Gasteiger partial charge in [0.15, 0.2) is 11.5 Å². The molecule has 0 fully saturated rings. The van der Waals surface area contributed by atoms with E-state index in [-0.39, 0.29) is 5.91 Å². The molecule has 0 aliphatic rings. The van der Waals surface area contributed by atoms with E-state index in [4.69, 9.17) is 14.2 Å². The highest BCUT2D eigenvalue weighted by atomic mass is 127. The zero-order chi connectivity index (χ0) is 17.5. The molecule has 0 aromatic heterocycles. The second kappa shape index (κ2) is 8.53. The number of ether oxygens (including phenoxy) is 3. The van der Waals surface area contributed by atoms with E-state index >= 15 is 0 Å². The largest absolute Gasteiger partial charge is 0.493 e. The number of nitrogens with one attached hydrogen (secondary N) is 1. The van der Waals surface area contributed by atoms with Crippen LogP contribution in [0.3, 0.4) is 0 Å². The first-order chi connectivity index (χ1) is 11.6. The topological polar surface area (TPSA) is 69.2 Å². The van der Waals surface area contributed by atoms with E-state index in [0.29, 0.717) is 28.4 Å². The summed E-state index contributed by atoms with van der Waals surface area (Å²) < 4.78 is 16.8. The SMILES string of the molecule is COc1cc(C=NNC(=O)c2cccc(I)c2)cc(OC)c1OC. The molecule has 0 bridgehead atoms. The van der Waals surface area contributed by atoms with Crippen LogP contribution in [0.1, 0.15) is 15.9 Å². The summed E-state index contributed by atoms with van der Waals surface area (Å²) in [5, 5.41) is 3.97. The van der Waals surface area contributed by atoms with Gasteiger partial charge < -0.3 is 14.2 Å². The van der Waals surface area contributed by atoms with Gasteiger partial charge in [-0.25, -0.2) is 5.43 Å². The van der Waals surface area contributed by atoms with Gasteiger partial charge in [0.05, 0.1) is 27.5 Å². The van der Waals surface area contributed by atoms with Crippen LogP contribution >= 0.6 is 22.6 Å². The summed E-state index contributed by atoms with van der Waals surface area (Å²) in [5.74, 6) is 1.25. The number of halogens is 1. The van der Waals surface area contributed by atoms with E-state index in [1.807, 2.05) is 12.1 Å². The standard InChI is InChI=1S/C17H17IN2O4/c1-22-14-7-11(8-15(23-2)16(14)24-3)10-19-20-17(21)12-5-4-6-13(18)9-12/h4-10H,1-3H3,(H,20,21). The fourth-order valence-corrected chi connectivity index (χ4v) is 2.58. The fourth-order valence-electron chi connectivity index (χ4n) is 2.04. The fraction of sp³-hybridized carbons (Fsp3) is 0.176. The third-order valence-electron chi connectivity index (χ3n) is 3.15. The minimum atomic E-state index is -0.280. The monoisotopic (exact) mass is 440 g/mol. The van der Waals surface area contributed by atoms with Crippen LogP contribution in [0.25, 0.3) is 0 Å². The summed E-state index contributed by atoms with van der Waals surface area (Å²) in [6.45, 7) is 0. The highest BCUT2D eigenvalue weighted by Crippen LogP contribution is 2.37. The molecule has 0 aliphatic carbocycles. The second-order valence-corrected chi connectivity index (χ2v) is 5.91. The first-order valence-electron chi connectivity index (χ1n) is 6.98. The van der Waals surface area contributed by atoms with Crippen molar-refractivity contribution in [3.05, 3.63) is 51.1 Å². The Bertz CT molecular complexity index is 737. The van der Waals surface area contributed by atoms with E-state index in [9.17, 15) is 4.79 Å². The van der Waals surface area contributed by atoms with Crippen LogP contribution in [0.4, 0.5) is 0 Å². The van der Waals surface area contributed by atoms with E-state index < -0.39 is 0 Å². The maximum absolute atomic E-state index is 12.0. The van der Waals surface area contributed by atoms with Crippen LogP contribution in [0, 0.1) is 3.57 Å². The molecule has 126 valence electrons. The van der Waals surface area contributed by atoms with Crippen molar-refractivity contribution in [2.45, 2.75) is 0 Å². The lowest BCUT2D eigenvalue weighted by Gasteiger charge is -2.12. The number of carbonyl (C=O) groups excluding carboxylic acids is 1. The van der Waals surface area contributed by atoms with Crippen LogP contribution in [0.2, 0.25) is 0 Å². The number of carbonyl (C=O) groups is 1. The molecule has 0 aliphatic heterocycles. The summed E-state index contributed by atoms with van der Waals surface area (Å²) in [5.41, 5.74) is 3.74. The first kappa shape index (κ1) is 18.1. The Hall–Kier alpha value is -2.29. The van der Waals surface area contributed by atoms with Gasteiger partial charge in [-0.15, -0.1) is 0 Å². The summed E-state index contributed by atoms with van der Waals surface area (Å²) in [6.07, 6.45) is 1.51. The maximum atomic E-state index is 12.0. The Morgan fingerprint density at radius 3 is 2.29 bits per heavy atom. The number of hydrazone groups is 1. The molecule has 1 amide bonds. The zero-order valence-electron chi connectivity index (χ0n) is 13.5. The lowest BCUT2D eigenvalue weighted by Crippen LogP contribution is -2.17. The lowest BCUT2D eigenvalue weighted by atomic mass is 10.2. The van der Waals surface area contributed by atoms with Gasteiger partial charge in [0.25, 0.3) is 5.91 Å². The van der Waals surface area contributed by atoms with E-state index in [2.05, 4.69) is 33.1 Å². The van der Waals surface area contributed by atoms with Gasteiger partial charge in [-0.05, 0) is 52.9 Å². The number of nitrogens with zero attached hydrogens (tertiary/aromatic N) is 1. The molecule has 0 saturated heterocycles. The number of hydrogen-bond acceptors (Lipinski definition) is 5. The number of hydrogen-bond donors (Lipinski definition) is 1. The predicted octanol–water partition coefficient (Wildman–Crippen LogP) is 3.08. The Labute approximate surface area is 153 Å². The zero-order valence-corrected chi connectivity index (χ0v) is 15.7. The Balaban J connectivity index is 2.15. The Morgan fingerprint density at radius 2 is 1.75 bits per heavy atom. The van der Waals surface area contributed by atoms with Crippen LogP contribution in [0.15, 0.2) is 41.5 Å². The molecule has 7 heteroatoms. The van der Waals surface area contributed by atoms with E-state index in [1.165, 1.54) is 27.5 Å². The quantitative estimate of drug-likeness (QED) is 0.426. The lowest BCUT2D eigenvalue weighted by molar-refractivity contribution is 0.0955. The Kier molecular flexibility index (Phi) is 6.42. The molecular formula is C17H17IN2O4. The number of methoxy groups -OCH3 is 3. The normalized spacial score (nSPS) is 10.5. The molecule has 0 spiro atoms. The molecule has 0 atom stereocenters. The van der Waals surface area contributed by atoms with Gasteiger partial charge in [0.2, 0.25) is 5.75 Å². The maximum Gasteiger partial charge on any atom is 0.271 e. The molecular weight excluding hydrogens is 423 g/mol. The van der Waals surface area contributed by atoms with Crippen LogP contribution in [0.5, 0.6) is 17.2 Å². The third kappa shape index (κ3) is 4.38. The highest BCUT2D eigenvalue weighted by molar-refractivity contribution is 14.1. The number of amides is 1. The van der Waals surface area contributed by atoms with Crippen molar-refractivity contribution in [3.8, 4) is 17.2 Å². The van der Waals surface area contributed by atoms with Gasteiger partial charge in [-0.1, -0.05) is 6.07 Å². The van der Waals surface area contributed by atoms with Crippen LogP contribution < -0.4 is 19.6 Å². The molecule has 0 saturated carbocycles. The van der Waals surface area contributed by atoms with Gasteiger partial charge in [0, 0.05) is 14.7 Å². The van der Waals surface area contributed by atoms with Crippen LogP contribution in [-0.4, -0.2) is 33.5 Å². The van der Waals surface area contributed by atoms with Gasteiger partial charge in [-0.2, -0.15) is 5.10 Å². The molecule has 1 N–H and O–H groups in total. The molecule has 0 radical (unpaired) electrons. The van der Waals surface area contributed by atoms with Gasteiger partial charge in [0.1, 0.15) is 0 Å². The molecule has 2 rings (SSSR count). The number of rotatable bonds is 6. The molecule has 2 aromatic carbocycles. The average molecular weight is 440 g/mol. The van der Waals surface area contributed by atoms with E-state index in [0.717, 1.165) is 3.57 Å². The van der Waals surface area contributed by atoms with Crippen molar-refractivity contribution >= 4 is 34.7 Å². The summed E-state index contributed by atoms with van der Waals surface area (Å²) >= 11 is 2.15. The van der Waals surface area contributed by atoms with Crippen molar-refractivity contribution in [1.82, 2.24) is 5.43 Å². The third-order valence-corrected chi connectivity index (χ3v) is 3.82. The van der Waals surface area contributed by atoms with Gasteiger partial charge in [-0.3, -0.25) is 4.79 Å². The van der Waals surface area contributed by atoms with Crippen molar-refractivity contribution in [1.29, 1.82) is 0 Å². The van der Waals surface area contributed by atoms with Crippen molar-refractivity contribution in [2.75, 3.05) is 21.3 Å². The highest BCUT2D eigenvalue weighted by Gasteiger charge is 2.12. The molecule has 0 heterocycles. The van der Waals surface area contributed by atoms with Gasteiger partial charge >= 0.3 is 0 Å². The molecule has 0 unspecified atom stereocenters. The van der Waals surface area contributed by atoms with Crippen molar-refractivity contribution in [3.63, 3.8) is 0 Å². The summed E-state index contributed by atoms with van der Waals surface area (Å²) in [4.78, 5) is 12.0. The molecule has 24 heavy (non-hydrogen) atoms. The van der Waals surface area contributed by atoms with E-state index in [1.54, 1.807) is 24.3 Å². The van der Waals surface area contributed by atoms with Crippen molar-refractivity contribution in [2.24, 2.45) is 5.10 Å². The molecule has 6 nitrogen and oxygen atoms in total. The second-order valence-electron chi connectivity index (χ2n) is 4.67. The minimum Gasteiger partial charge on any atom is -0.493 e. The number of benzene rings is 2. The first-order valence-corrected chi connectivity index (χ1v) is 8.06. The van der Waals surface area contributed by atoms with Crippen molar-refractivity contribution < 1.29 is 19.0 Å². The smallest absolute Gasteiger partial charge is 0.271 e.